The Balaban J connectivity index is 2.87. The highest BCUT2D eigenvalue weighted by molar-refractivity contribution is 5.85. The average molecular weight is 290 g/mol. The Labute approximate surface area is 126 Å². The van der Waals surface area contributed by atoms with E-state index in [0.29, 0.717) is 19.4 Å². The first-order chi connectivity index (χ1) is 9.99. The van der Waals surface area contributed by atoms with E-state index in [-0.39, 0.29) is 11.7 Å². The number of benzene rings is 1. The van der Waals surface area contributed by atoms with Crippen LogP contribution in [0.25, 0.3) is 0 Å². The summed E-state index contributed by atoms with van der Waals surface area (Å²) in [7, 11) is 1.70. The Morgan fingerprint density at radius 1 is 1.24 bits per heavy atom. The van der Waals surface area contributed by atoms with Crippen LogP contribution in [0, 0.1) is 22.6 Å². The number of nitriles is 1. The molecular formula is C17H23FN2O. The molecule has 1 rings (SSSR count). The first-order valence-electron chi connectivity index (χ1n) is 7.40. The number of amides is 1. The van der Waals surface area contributed by atoms with Crippen LogP contribution in [0.2, 0.25) is 0 Å². The summed E-state index contributed by atoms with van der Waals surface area (Å²) in [4.78, 5) is 14.2. The molecule has 0 fully saturated rings. The normalized spacial score (nSPS) is 11.0. The zero-order valence-electron chi connectivity index (χ0n) is 13.0. The minimum absolute atomic E-state index is 0.141. The SMILES string of the molecule is CCCC(C#N)(CCC)C(=O)N(C)Cc1ccc(F)cc1. The maximum Gasteiger partial charge on any atom is 0.243 e. The van der Waals surface area contributed by atoms with Gasteiger partial charge >= 0.3 is 0 Å². The number of rotatable bonds is 7. The van der Waals surface area contributed by atoms with E-state index in [2.05, 4.69) is 6.07 Å². The predicted molar refractivity (Wildman–Crippen MR) is 80.7 cm³/mol. The van der Waals surface area contributed by atoms with Gasteiger partial charge in [0.2, 0.25) is 5.91 Å². The molecule has 0 saturated carbocycles. The lowest BCUT2D eigenvalue weighted by Gasteiger charge is -2.30. The third-order valence-electron chi connectivity index (χ3n) is 3.66. The van der Waals surface area contributed by atoms with Crippen LogP contribution in [0.3, 0.4) is 0 Å². The predicted octanol–water partition coefficient (Wildman–Crippen LogP) is 3.89. The molecular weight excluding hydrogens is 267 g/mol. The van der Waals surface area contributed by atoms with Crippen molar-refractivity contribution in [1.29, 1.82) is 5.26 Å². The highest BCUT2D eigenvalue weighted by Crippen LogP contribution is 2.31. The lowest BCUT2D eigenvalue weighted by molar-refractivity contribution is -0.139. The van der Waals surface area contributed by atoms with Crippen molar-refractivity contribution in [2.75, 3.05) is 7.05 Å². The topological polar surface area (TPSA) is 44.1 Å². The van der Waals surface area contributed by atoms with Crippen molar-refractivity contribution in [3.8, 4) is 6.07 Å². The van der Waals surface area contributed by atoms with Gasteiger partial charge in [0, 0.05) is 13.6 Å². The average Bonchev–Trinajstić information content (AvgIpc) is 2.48. The number of hydrogen-bond acceptors (Lipinski definition) is 2. The fourth-order valence-electron chi connectivity index (χ4n) is 2.65. The molecule has 1 aromatic carbocycles. The van der Waals surface area contributed by atoms with Crippen molar-refractivity contribution in [2.45, 2.75) is 46.1 Å². The van der Waals surface area contributed by atoms with E-state index in [0.717, 1.165) is 18.4 Å². The van der Waals surface area contributed by atoms with E-state index < -0.39 is 5.41 Å². The van der Waals surface area contributed by atoms with E-state index in [4.69, 9.17) is 0 Å². The maximum absolute atomic E-state index is 12.9. The minimum Gasteiger partial charge on any atom is -0.340 e. The standard InChI is InChI=1S/C17H23FN2O/c1-4-10-17(13-19,11-5-2)16(21)20(3)12-14-6-8-15(18)9-7-14/h6-9H,4-5,10-12H2,1-3H3. The summed E-state index contributed by atoms with van der Waals surface area (Å²) in [6.07, 6.45) is 2.74. The molecule has 0 aliphatic carbocycles. The minimum atomic E-state index is -0.932. The molecule has 0 saturated heterocycles. The second-order valence-electron chi connectivity index (χ2n) is 5.48. The summed E-state index contributed by atoms with van der Waals surface area (Å²) in [6.45, 7) is 4.35. The van der Waals surface area contributed by atoms with Gasteiger partial charge < -0.3 is 4.90 Å². The van der Waals surface area contributed by atoms with Gasteiger partial charge in [0.1, 0.15) is 11.2 Å². The van der Waals surface area contributed by atoms with Crippen molar-refractivity contribution in [2.24, 2.45) is 5.41 Å². The van der Waals surface area contributed by atoms with Crippen molar-refractivity contribution >= 4 is 5.91 Å². The Kier molecular flexibility index (Phi) is 6.36. The quantitative estimate of drug-likeness (QED) is 0.764. The zero-order valence-corrected chi connectivity index (χ0v) is 13.0. The largest absolute Gasteiger partial charge is 0.340 e. The summed E-state index contributed by atoms with van der Waals surface area (Å²) in [6, 6.07) is 8.32. The second kappa shape index (κ2) is 7.78. The molecule has 0 N–H and O–H groups in total. The Bertz CT molecular complexity index is 499. The molecule has 0 aliphatic rings. The number of hydrogen-bond donors (Lipinski definition) is 0. The third-order valence-corrected chi connectivity index (χ3v) is 3.66. The van der Waals surface area contributed by atoms with E-state index in [1.165, 1.54) is 12.1 Å². The first-order valence-corrected chi connectivity index (χ1v) is 7.40. The lowest BCUT2D eigenvalue weighted by atomic mass is 9.79. The highest BCUT2D eigenvalue weighted by atomic mass is 19.1. The fraction of sp³-hybridized carbons (Fsp3) is 0.529. The maximum atomic E-state index is 12.9. The van der Waals surface area contributed by atoms with Crippen molar-refractivity contribution in [1.82, 2.24) is 4.90 Å². The van der Waals surface area contributed by atoms with E-state index in [1.54, 1.807) is 24.1 Å². The lowest BCUT2D eigenvalue weighted by Crippen LogP contribution is -2.41. The van der Waals surface area contributed by atoms with Gasteiger partial charge in [0.05, 0.1) is 6.07 Å². The van der Waals surface area contributed by atoms with Crippen LogP contribution in [0.4, 0.5) is 4.39 Å². The highest BCUT2D eigenvalue weighted by Gasteiger charge is 2.38. The van der Waals surface area contributed by atoms with Gasteiger partial charge in [-0.2, -0.15) is 5.26 Å². The summed E-state index contributed by atoms with van der Waals surface area (Å²) in [5.41, 5.74) is -0.0785. The number of halogens is 1. The van der Waals surface area contributed by atoms with Crippen LogP contribution in [-0.4, -0.2) is 17.9 Å². The molecule has 21 heavy (non-hydrogen) atoms. The number of nitrogens with zero attached hydrogens (tertiary/aromatic N) is 2. The molecule has 1 amide bonds. The molecule has 0 atom stereocenters. The van der Waals surface area contributed by atoms with Gasteiger partial charge in [-0.3, -0.25) is 4.79 Å². The van der Waals surface area contributed by atoms with Gasteiger partial charge in [-0.1, -0.05) is 38.8 Å². The molecule has 0 unspecified atom stereocenters. The van der Waals surface area contributed by atoms with Crippen molar-refractivity contribution in [3.05, 3.63) is 35.6 Å². The molecule has 0 aromatic heterocycles. The van der Waals surface area contributed by atoms with E-state index >= 15 is 0 Å². The van der Waals surface area contributed by atoms with E-state index in [9.17, 15) is 14.4 Å². The molecule has 0 radical (unpaired) electrons. The smallest absolute Gasteiger partial charge is 0.243 e. The van der Waals surface area contributed by atoms with Crippen LogP contribution < -0.4 is 0 Å². The van der Waals surface area contributed by atoms with Gasteiger partial charge in [-0.05, 0) is 30.5 Å². The molecule has 114 valence electrons. The van der Waals surface area contributed by atoms with Crippen LogP contribution in [0.5, 0.6) is 0 Å². The summed E-state index contributed by atoms with van der Waals surface area (Å²) >= 11 is 0. The summed E-state index contributed by atoms with van der Waals surface area (Å²) < 4.78 is 12.9. The van der Waals surface area contributed by atoms with Crippen LogP contribution in [-0.2, 0) is 11.3 Å². The zero-order chi connectivity index (χ0) is 15.9. The molecule has 1 aromatic rings. The molecule has 0 aliphatic heterocycles. The molecule has 3 nitrogen and oxygen atoms in total. The third kappa shape index (κ3) is 4.29. The van der Waals surface area contributed by atoms with Crippen LogP contribution in [0.15, 0.2) is 24.3 Å². The van der Waals surface area contributed by atoms with Crippen LogP contribution in [0.1, 0.15) is 45.1 Å². The molecule has 0 heterocycles. The van der Waals surface area contributed by atoms with Crippen molar-refractivity contribution in [3.63, 3.8) is 0 Å². The first kappa shape index (κ1) is 17.2. The van der Waals surface area contributed by atoms with Gasteiger partial charge in [-0.25, -0.2) is 4.39 Å². The number of carbonyl (C=O) groups is 1. The number of carbonyl (C=O) groups excluding carboxylic acids is 1. The van der Waals surface area contributed by atoms with Gasteiger partial charge in [0.25, 0.3) is 0 Å². The summed E-state index contributed by atoms with van der Waals surface area (Å²) in [5, 5.41) is 9.51. The fourth-order valence-corrected chi connectivity index (χ4v) is 2.65. The summed E-state index contributed by atoms with van der Waals surface area (Å²) in [5.74, 6) is -0.436. The van der Waals surface area contributed by atoms with Gasteiger partial charge in [-0.15, -0.1) is 0 Å². The molecule has 0 bridgehead atoms. The Hall–Kier alpha value is -1.89. The van der Waals surface area contributed by atoms with Crippen LogP contribution >= 0.6 is 0 Å². The Morgan fingerprint density at radius 2 is 1.76 bits per heavy atom. The van der Waals surface area contributed by atoms with E-state index in [1.807, 2.05) is 13.8 Å². The molecule has 4 heteroatoms. The Morgan fingerprint density at radius 3 is 2.19 bits per heavy atom. The van der Waals surface area contributed by atoms with Crippen molar-refractivity contribution < 1.29 is 9.18 Å². The van der Waals surface area contributed by atoms with Gasteiger partial charge in [0.15, 0.2) is 0 Å². The second-order valence-corrected chi connectivity index (χ2v) is 5.48. The molecule has 0 spiro atoms. The monoisotopic (exact) mass is 290 g/mol.